The Morgan fingerprint density at radius 1 is 0.573 bits per heavy atom. The highest BCUT2D eigenvalue weighted by Gasteiger charge is 2.34. The number of H-pyrrole nitrogens is 1. The van der Waals surface area contributed by atoms with E-state index in [9.17, 15) is 38.2 Å². The summed E-state index contributed by atoms with van der Waals surface area (Å²) in [6.45, 7) is 5.75. The number of carbonyl (C=O) groups excluding carboxylic acids is 6. The molecule has 82 heavy (non-hydrogen) atoms. The summed E-state index contributed by atoms with van der Waals surface area (Å²) in [6, 6.07) is 15.4. The minimum absolute atomic E-state index is 0. The van der Waals surface area contributed by atoms with Crippen LogP contribution in [0.5, 0.6) is 0 Å². The molecule has 6 N–H and O–H groups in total. The number of benzene rings is 2. The second-order valence-electron chi connectivity index (χ2n) is 19.0. The van der Waals surface area contributed by atoms with Gasteiger partial charge >= 0.3 is 0 Å². The quantitative estimate of drug-likeness (QED) is 0.0335. The van der Waals surface area contributed by atoms with Gasteiger partial charge in [-0.25, -0.2) is 0 Å². The van der Waals surface area contributed by atoms with E-state index in [0.717, 1.165) is 80.1 Å². The van der Waals surface area contributed by atoms with Crippen LogP contribution in [0.2, 0.25) is 0 Å². The number of aromatic amines is 1. The Labute approximate surface area is 483 Å². The molecule has 1 aromatic heterocycles. The van der Waals surface area contributed by atoms with Gasteiger partial charge in [0, 0.05) is 104 Å². The number of hydrogen-bond donors (Lipinski definition) is 6. The molecule has 26 heteroatoms. The normalized spacial score (nSPS) is 12.3. The SMILES string of the molecule is C.CCCCCCC(=O)NC(COCCC(=O)NCCOC)(COCCC(=O)NCCOC)COCCC(=O)NCCOC.COP(=O)([O-])OCCCCCCNC(=O)CCC(=O)N1Cc2ccccc2-c2n[nH]nc2-c2ccccc21. The lowest BCUT2D eigenvalue weighted by molar-refractivity contribution is -0.223. The van der Waals surface area contributed by atoms with Crippen molar-refractivity contribution in [3.05, 3.63) is 54.1 Å². The number of rotatable bonds is 42. The fourth-order valence-electron chi connectivity index (χ4n) is 8.11. The zero-order valence-electron chi connectivity index (χ0n) is 47.9. The van der Waals surface area contributed by atoms with Gasteiger partial charge in [-0.05, 0) is 30.9 Å². The fraction of sp³-hybridized carbons (Fsp3) is 0.643. The highest BCUT2D eigenvalue weighted by Crippen LogP contribution is 2.40. The van der Waals surface area contributed by atoms with Gasteiger partial charge in [0.2, 0.25) is 35.4 Å². The second kappa shape index (κ2) is 43.0. The molecular weight excluding hydrogens is 1090 g/mol. The van der Waals surface area contributed by atoms with Gasteiger partial charge in [0.1, 0.15) is 16.9 Å². The van der Waals surface area contributed by atoms with Crippen molar-refractivity contribution in [1.29, 1.82) is 0 Å². The van der Waals surface area contributed by atoms with Gasteiger partial charge in [-0.1, -0.05) is 88.9 Å². The number of phosphoric acid groups is 1. The molecule has 1 aliphatic rings. The summed E-state index contributed by atoms with van der Waals surface area (Å²) in [5, 5.41) is 25.5. The molecule has 0 saturated carbocycles. The van der Waals surface area contributed by atoms with E-state index >= 15 is 0 Å². The first-order valence-electron chi connectivity index (χ1n) is 27.7. The van der Waals surface area contributed by atoms with Crippen molar-refractivity contribution in [3.63, 3.8) is 0 Å². The maximum atomic E-state index is 13.4. The predicted octanol–water partition coefficient (Wildman–Crippen LogP) is 4.53. The van der Waals surface area contributed by atoms with Crippen molar-refractivity contribution in [2.24, 2.45) is 0 Å². The zero-order chi connectivity index (χ0) is 59.0. The Bertz CT molecular complexity index is 2290. The molecule has 1 atom stereocenters. The summed E-state index contributed by atoms with van der Waals surface area (Å²) < 4.78 is 52.4. The van der Waals surface area contributed by atoms with Crippen molar-refractivity contribution >= 4 is 49.0 Å². The minimum atomic E-state index is -4.17. The first kappa shape index (κ1) is 72.4. The van der Waals surface area contributed by atoms with Crippen LogP contribution in [0.15, 0.2) is 48.5 Å². The van der Waals surface area contributed by atoms with Gasteiger partial charge in [0.05, 0.1) is 78.3 Å². The number of nitrogens with zero attached hydrogens (tertiary/aromatic N) is 3. The van der Waals surface area contributed by atoms with Crippen LogP contribution in [0.25, 0.3) is 22.5 Å². The zero-order valence-corrected chi connectivity index (χ0v) is 48.8. The number of amides is 6. The van der Waals surface area contributed by atoms with Gasteiger partial charge in [-0.2, -0.15) is 15.4 Å². The Kier molecular flexibility index (Phi) is 37.9. The van der Waals surface area contributed by atoms with E-state index in [4.69, 9.17) is 28.4 Å². The average molecular weight is 1180 g/mol. The third-order valence-corrected chi connectivity index (χ3v) is 13.4. The molecule has 25 nitrogen and oxygen atoms in total. The number of nitrogens with one attached hydrogen (secondary N) is 6. The topological polar surface area (TPSA) is 321 Å². The standard InChI is InChI=1S/C29H56N4O10.C26H32N5O6P.CH4/c1-5-6-7-8-9-28(37)33-29(22-41-16-10-25(34)30-13-19-38-2,23-42-17-11-26(35)31-14-20-39-3)24-43-18-12-27(36)32-15-21-40-4;1-36-38(34,35)37-17-9-3-2-8-16-27-23(32)14-15-24(33)31-18-19-10-4-5-11-20(19)25-26(29-30-28-25)21-12-6-7-13-22(21)31;/h5-24H2,1-4H3,(H,30,34)(H,31,35)(H,32,36)(H,33,37);4-7,10-13H,2-3,8-9,14-18H2,1H3,(H,27,32)(H,34,35)(H,28,29,30);1H4/p-1. The minimum Gasteiger partial charge on any atom is -0.756 e. The van der Waals surface area contributed by atoms with Gasteiger partial charge in [0.15, 0.2) is 0 Å². The molecular formula is C56H91N9O16P-. The Hall–Kier alpha value is -5.73. The van der Waals surface area contributed by atoms with E-state index in [2.05, 4.69) is 58.0 Å². The van der Waals surface area contributed by atoms with Gasteiger partial charge < -0.3 is 73.8 Å². The van der Waals surface area contributed by atoms with Crippen LogP contribution >= 0.6 is 7.82 Å². The van der Waals surface area contributed by atoms with E-state index in [1.54, 1.807) is 26.2 Å². The molecule has 2 heterocycles. The predicted molar refractivity (Wildman–Crippen MR) is 307 cm³/mol. The number of carbonyl (C=O) groups is 6. The first-order valence-corrected chi connectivity index (χ1v) is 29.2. The van der Waals surface area contributed by atoms with Crippen LogP contribution < -0.4 is 36.4 Å². The monoisotopic (exact) mass is 1180 g/mol. The van der Waals surface area contributed by atoms with Crippen molar-refractivity contribution in [3.8, 4) is 22.5 Å². The molecule has 462 valence electrons. The first-order chi connectivity index (χ1) is 39.2. The lowest BCUT2D eigenvalue weighted by Gasteiger charge is -2.34. The third kappa shape index (κ3) is 29.5. The number of phosphoric ester groups is 1. The van der Waals surface area contributed by atoms with Gasteiger partial charge in [0.25, 0.3) is 7.82 Å². The van der Waals surface area contributed by atoms with Gasteiger partial charge in [-0.3, -0.25) is 33.3 Å². The largest absolute Gasteiger partial charge is 0.756 e. The summed E-state index contributed by atoms with van der Waals surface area (Å²) >= 11 is 0. The summed E-state index contributed by atoms with van der Waals surface area (Å²) in [4.78, 5) is 87.8. The van der Waals surface area contributed by atoms with E-state index in [0.29, 0.717) is 71.1 Å². The van der Waals surface area contributed by atoms with Crippen LogP contribution in [0, 0.1) is 0 Å². The number of aromatic nitrogens is 3. The maximum Gasteiger partial charge on any atom is 0.267 e. The highest BCUT2D eigenvalue weighted by molar-refractivity contribution is 7.45. The summed E-state index contributed by atoms with van der Waals surface area (Å²) in [5.41, 5.74) is 3.70. The number of hydrogen-bond acceptors (Lipinski definition) is 18. The lowest BCUT2D eigenvalue weighted by Crippen LogP contribution is -2.58. The number of ether oxygens (including phenoxy) is 6. The maximum absolute atomic E-state index is 13.4. The molecule has 1 aliphatic heterocycles. The van der Waals surface area contributed by atoms with Crippen molar-refractivity contribution in [1.82, 2.24) is 42.0 Å². The average Bonchev–Trinajstić information content (AvgIpc) is 4.11. The fourth-order valence-corrected chi connectivity index (χ4v) is 8.57. The Morgan fingerprint density at radius 3 is 1.61 bits per heavy atom. The van der Waals surface area contributed by atoms with Crippen LogP contribution in [-0.2, 0) is 77.3 Å². The van der Waals surface area contributed by atoms with E-state index in [1.165, 1.54) is 0 Å². The molecule has 2 aromatic carbocycles. The Balaban J connectivity index is 0.000000556. The summed E-state index contributed by atoms with van der Waals surface area (Å²) in [5.74, 6) is -1.08. The van der Waals surface area contributed by atoms with Crippen LogP contribution in [0.3, 0.4) is 0 Å². The number of unbranched alkanes of at least 4 members (excludes halogenated alkanes) is 6. The molecule has 0 spiro atoms. The highest BCUT2D eigenvalue weighted by atomic mass is 31.2. The third-order valence-electron chi connectivity index (χ3n) is 12.4. The van der Waals surface area contributed by atoms with Crippen molar-refractivity contribution < 1.29 is 75.7 Å². The molecule has 0 fully saturated rings. The molecule has 0 radical (unpaired) electrons. The lowest BCUT2D eigenvalue weighted by atomic mass is 9.95. The van der Waals surface area contributed by atoms with Crippen LogP contribution in [-0.4, -0.2) is 177 Å². The number of para-hydroxylation sites is 1. The molecule has 6 amide bonds. The number of fused-ring (bicyclic) bond motifs is 5. The number of anilines is 1. The molecule has 1 unspecified atom stereocenters. The van der Waals surface area contributed by atoms with Crippen LogP contribution in [0.1, 0.15) is 110 Å². The van der Waals surface area contributed by atoms with E-state index in [1.807, 2.05) is 48.5 Å². The summed E-state index contributed by atoms with van der Waals surface area (Å²) in [6.07, 6.45) is 7.51. The summed E-state index contributed by atoms with van der Waals surface area (Å²) in [7, 11) is 1.55. The van der Waals surface area contributed by atoms with Crippen LogP contribution in [0.4, 0.5) is 5.69 Å². The molecule has 4 rings (SSSR count). The van der Waals surface area contributed by atoms with Crippen molar-refractivity contribution in [2.45, 2.75) is 116 Å². The van der Waals surface area contributed by atoms with Crippen molar-refractivity contribution in [2.75, 3.05) is 126 Å². The smallest absolute Gasteiger partial charge is 0.267 e. The second-order valence-corrected chi connectivity index (χ2v) is 20.5. The molecule has 0 bridgehead atoms. The van der Waals surface area contributed by atoms with E-state index in [-0.39, 0.29) is 121 Å². The molecule has 0 aliphatic carbocycles. The number of methoxy groups -OCH3 is 3. The molecule has 0 saturated heterocycles. The Morgan fingerprint density at radius 2 is 1.06 bits per heavy atom. The molecule has 3 aromatic rings. The van der Waals surface area contributed by atoms with Gasteiger partial charge in [-0.15, -0.1) is 0 Å². The van der Waals surface area contributed by atoms with E-state index < -0.39 is 13.4 Å².